The third-order valence-electron chi connectivity index (χ3n) is 3.16. The summed E-state index contributed by atoms with van der Waals surface area (Å²) in [6.45, 7) is 8.71. The molecule has 0 spiro atoms. The molecule has 1 amide bonds. The van der Waals surface area contributed by atoms with E-state index in [0.29, 0.717) is 35.5 Å². The monoisotopic (exact) mass is 364 g/mol. The molecule has 1 aromatic rings. The van der Waals surface area contributed by atoms with Crippen molar-refractivity contribution in [1.29, 1.82) is 0 Å². The number of hydrogen-bond donors (Lipinski definition) is 0. The van der Waals surface area contributed by atoms with Crippen LogP contribution in [-0.2, 0) is 11.2 Å². The van der Waals surface area contributed by atoms with Crippen molar-refractivity contribution in [2.45, 2.75) is 20.3 Å². The molecule has 7 heteroatoms. The first kappa shape index (κ1) is 18.5. The van der Waals surface area contributed by atoms with Crippen LogP contribution < -0.4 is 9.47 Å². The molecular formula is C17H20N2O3S2. The Labute approximate surface area is 151 Å². The molecule has 1 aromatic carbocycles. The van der Waals surface area contributed by atoms with Crippen molar-refractivity contribution in [3.8, 4) is 11.5 Å². The van der Waals surface area contributed by atoms with Crippen molar-refractivity contribution >= 4 is 40.4 Å². The first-order valence-corrected chi connectivity index (χ1v) is 9.07. The molecule has 1 saturated heterocycles. The fourth-order valence-corrected chi connectivity index (χ4v) is 3.19. The number of hydrazone groups is 1. The number of ether oxygens (including phenoxy) is 2. The minimum absolute atomic E-state index is 0.108. The Morgan fingerprint density at radius 3 is 2.71 bits per heavy atom. The zero-order chi connectivity index (χ0) is 17.5. The number of thiocarbonyl (C=S) groups is 1. The Kier molecular flexibility index (Phi) is 6.81. The molecule has 1 heterocycles. The first-order chi connectivity index (χ1) is 11.6. The standard InChI is InChI=1S/C17H20N2O3S2/c1-4-7-13-8-12(9-14(21-5-2)16(13)22-6-3)10-18-19-15(20)11-24-17(19)23/h4,8-10H,1,5-7,11H2,2-3H3/b18-10+. The second kappa shape index (κ2) is 8.84. The van der Waals surface area contributed by atoms with Gasteiger partial charge in [0.25, 0.3) is 5.91 Å². The summed E-state index contributed by atoms with van der Waals surface area (Å²) in [7, 11) is 0. The molecule has 0 N–H and O–H groups in total. The number of hydrogen-bond acceptors (Lipinski definition) is 6. The van der Waals surface area contributed by atoms with Gasteiger partial charge in [0.1, 0.15) is 0 Å². The maximum Gasteiger partial charge on any atom is 0.259 e. The molecule has 5 nitrogen and oxygen atoms in total. The van der Waals surface area contributed by atoms with Gasteiger partial charge in [-0.05, 0) is 38.0 Å². The van der Waals surface area contributed by atoms with Crippen LogP contribution >= 0.6 is 24.0 Å². The number of amides is 1. The Morgan fingerprint density at radius 1 is 1.38 bits per heavy atom. The average Bonchev–Trinajstić information content (AvgIpc) is 2.87. The summed E-state index contributed by atoms with van der Waals surface area (Å²) >= 11 is 6.44. The van der Waals surface area contributed by atoms with Gasteiger partial charge in [-0.1, -0.05) is 30.1 Å². The van der Waals surface area contributed by atoms with Crippen molar-refractivity contribution < 1.29 is 14.3 Å². The summed E-state index contributed by atoms with van der Waals surface area (Å²) in [4.78, 5) is 11.7. The van der Waals surface area contributed by atoms with Gasteiger partial charge in [-0.2, -0.15) is 10.1 Å². The lowest BCUT2D eigenvalue weighted by Gasteiger charge is -2.16. The molecule has 1 aliphatic heterocycles. The number of carbonyl (C=O) groups is 1. The highest BCUT2D eigenvalue weighted by Gasteiger charge is 2.26. The van der Waals surface area contributed by atoms with Crippen LogP contribution in [0.1, 0.15) is 25.0 Å². The largest absolute Gasteiger partial charge is 0.490 e. The molecule has 0 radical (unpaired) electrons. The van der Waals surface area contributed by atoms with E-state index in [2.05, 4.69) is 11.7 Å². The zero-order valence-electron chi connectivity index (χ0n) is 13.8. The third-order valence-corrected chi connectivity index (χ3v) is 4.50. The summed E-state index contributed by atoms with van der Waals surface area (Å²) in [6, 6.07) is 3.80. The fourth-order valence-electron chi connectivity index (χ4n) is 2.22. The summed E-state index contributed by atoms with van der Waals surface area (Å²) in [6.07, 6.45) is 4.07. The molecule has 24 heavy (non-hydrogen) atoms. The van der Waals surface area contributed by atoms with E-state index in [0.717, 1.165) is 16.9 Å². The van der Waals surface area contributed by atoms with Gasteiger partial charge >= 0.3 is 0 Å². The maximum absolute atomic E-state index is 11.7. The molecule has 0 unspecified atom stereocenters. The Morgan fingerprint density at radius 2 is 2.12 bits per heavy atom. The second-order valence-corrected chi connectivity index (χ2v) is 6.48. The van der Waals surface area contributed by atoms with Gasteiger partial charge in [0.05, 0.1) is 25.2 Å². The van der Waals surface area contributed by atoms with Gasteiger partial charge < -0.3 is 9.47 Å². The lowest BCUT2D eigenvalue weighted by atomic mass is 10.1. The molecule has 0 saturated carbocycles. The van der Waals surface area contributed by atoms with E-state index in [1.54, 1.807) is 6.21 Å². The predicted molar refractivity (Wildman–Crippen MR) is 102 cm³/mol. The van der Waals surface area contributed by atoms with Crippen LogP contribution in [-0.4, -0.2) is 40.4 Å². The quantitative estimate of drug-likeness (QED) is 0.402. The number of rotatable bonds is 8. The number of nitrogens with zero attached hydrogens (tertiary/aromatic N) is 2. The van der Waals surface area contributed by atoms with Gasteiger partial charge in [-0.25, -0.2) is 0 Å². The van der Waals surface area contributed by atoms with Crippen molar-refractivity contribution in [2.24, 2.45) is 5.10 Å². The van der Waals surface area contributed by atoms with E-state index >= 15 is 0 Å². The topological polar surface area (TPSA) is 51.1 Å². The molecule has 1 aliphatic rings. The van der Waals surface area contributed by atoms with E-state index in [1.165, 1.54) is 16.8 Å². The van der Waals surface area contributed by atoms with Gasteiger partial charge in [0.15, 0.2) is 15.8 Å². The van der Waals surface area contributed by atoms with Crippen molar-refractivity contribution in [2.75, 3.05) is 19.0 Å². The zero-order valence-corrected chi connectivity index (χ0v) is 15.4. The van der Waals surface area contributed by atoms with Gasteiger partial charge in [-0.3, -0.25) is 4.79 Å². The SMILES string of the molecule is C=CCc1cc(/C=N/N2C(=O)CSC2=S)cc(OCC)c1OCC. The Hall–Kier alpha value is -1.86. The van der Waals surface area contributed by atoms with Crippen molar-refractivity contribution in [3.63, 3.8) is 0 Å². The Bertz CT molecular complexity index is 658. The van der Waals surface area contributed by atoms with E-state index in [9.17, 15) is 4.79 Å². The summed E-state index contributed by atoms with van der Waals surface area (Å²) in [5.41, 5.74) is 1.77. The minimum atomic E-state index is -0.108. The minimum Gasteiger partial charge on any atom is -0.490 e. The first-order valence-electron chi connectivity index (χ1n) is 7.67. The normalized spacial score (nSPS) is 14.5. The molecular weight excluding hydrogens is 344 g/mol. The third kappa shape index (κ3) is 4.36. The highest BCUT2D eigenvalue weighted by molar-refractivity contribution is 8.23. The highest BCUT2D eigenvalue weighted by Crippen LogP contribution is 2.33. The van der Waals surface area contributed by atoms with E-state index in [1.807, 2.05) is 32.1 Å². The molecule has 2 rings (SSSR count). The van der Waals surface area contributed by atoms with Gasteiger partial charge in [-0.15, -0.1) is 6.58 Å². The Balaban J connectivity index is 2.36. The van der Waals surface area contributed by atoms with Crippen LogP contribution in [0.2, 0.25) is 0 Å². The van der Waals surface area contributed by atoms with Gasteiger partial charge in [0, 0.05) is 5.56 Å². The summed E-state index contributed by atoms with van der Waals surface area (Å²) in [5.74, 6) is 1.61. The van der Waals surface area contributed by atoms with Crippen LogP contribution in [0.15, 0.2) is 29.9 Å². The number of thioether (sulfide) groups is 1. The van der Waals surface area contributed by atoms with Crippen LogP contribution in [0.3, 0.4) is 0 Å². The second-order valence-electron chi connectivity index (χ2n) is 4.87. The fraction of sp³-hybridized carbons (Fsp3) is 0.353. The van der Waals surface area contributed by atoms with Crippen molar-refractivity contribution in [1.82, 2.24) is 5.01 Å². The molecule has 0 aromatic heterocycles. The highest BCUT2D eigenvalue weighted by atomic mass is 32.2. The van der Waals surface area contributed by atoms with Crippen LogP contribution in [0.25, 0.3) is 0 Å². The molecule has 128 valence electrons. The molecule has 0 atom stereocenters. The van der Waals surface area contributed by atoms with Gasteiger partial charge in [0.2, 0.25) is 0 Å². The summed E-state index contributed by atoms with van der Waals surface area (Å²) < 4.78 is 11.9. The van der Waals surface area contributed by atoms with Crippen molar-refractivity contribution in [3.05, 3.63) is 35.9 Å². The molecule has 0 aliphatic carbocycles. The number of benzene rings is 1. The molecule has 1 fully saturated rings. The maximum atomic E-state index is 11.7. The van der Waals surface area contributed by atoms with E-state index in [-0.39, 0.29) is 5.91 Å². The molecule has 0 bridgehead atoms. The van der Waals surface area contributed by atoms with Crippen LogP contribution in [0.4, 0.5) is 0 Å². The predicted octanol–water partition coefficient (Wildman–Crippen LogP) is 3.41. The lowest BCUT2D eigenvalue weighted by Crippen LogP contribution is -2.22. The average molecular weight is 364 g/mol. The smallest absolute Gasteiger partial charge is 0.259 e. The lowest BCUT2D eigenvalue weighted by molar-refractivity contribution is -0.123. The van der Waals surface area contributed by atoms with Crippen LogP contribution in [0.5, 0.6) is 11.5 Å². The van der Waals surface area contributed by atoms with E-state index < -0.39 is 0 Å². The van der Waals surface area contributed by atoms with Crippen LogP contribution in [0, 0.1) is 0 Å². The van der Waals surface area contributed by atoms with E-state index in [4.69, 9.17) is 21.7 Å². The number of carbonyl (C=O) groups excluding carboxylic acids is 1. The number of allylic oxidation sites excluding steroid dienone is 1. The summed E-state index contributed by atoms with van der Waals surface area (Å²) in [5, 5.41) is 5.46.